The molecule has 0 bridgehead atoms. The molecule has 2 aromatic rings. The summed E-state index contributed by atoms with van der Waals surface area (Å²) in [5, 5.41) is 20.6. The van der Waals surface area contributed by atoms with E-state index in [9.17, 15) is 20.0 Å². The van der Waals surface area contributed by atoms with Crippen LogP contribution in [-0.2, 0) is 4.79 Å². The topological polar surface area (TPSA) is 80.4 Å². The monoisotopic (exact) mass is 337 g/mol. The highest BCUT2D eigenvalue weighted by molar-refractivity contribution is 6.42. The van der Waals surface area contributed by atoms with Gasteiger partial charge in [-0.25, -0.2) is 4.79 Å². The average molecular weight is 338 g/mol. The molecule has 22 heavy (non-hydrogen) atoms. The predicted molar refractivity (Wildman–Crippen MR) is 85.1 cm³/mol. The van der Waals surface area contributed by atoms with Crippen molar-refractivity contribution >= 4 is 46.5 Å². The van der Waals surface area contributed by atoms with Gasteiger partial charge in [0.2, 0.25) is 0 Å². The molecule has 2 aromatic carbocycles. The van der Waals surface area contributed by atoms with E-state index < -0.39 is 10.9 Å². The van der Waals surface area contributed by atoms with Crippen molar-refractivity contribution in [1.82, 2.24) is 0 Å². The van der Waals surface area contributed by atoms with Gasteiger partial charge >= 0.3 is 5.97 Å². The highest BCUT2D eigenvalue weighted by Gasteiger charge is 2.13. The minimum atomic E-state index is -1.18. The Bertz CT molecular complexity index is 787. The normalized spacial score (nSPS) is 11.3. The molecule has 0 amide bonds. The van der Waals surface area contributed by atoms with Crippen LogP contribution in [0.4, 0.5) is 5.69 Å². The highest BCUT2D eigenvalue weighted by Crippen LogP contribution is 2.28. The minimum Gasteiger partial charge on any atom is -0.478 e. The summed E-state index contributed by atoms with van der Waals surface area (Å²) in [6, 6.07) is 10.1. The van der Waals surface area contributed by atoms with E-state index in [1.165, 1.54) is 42.5 Å². The third-order valence-corrected chi connectivity index (χ3v) is 3.59. The van der Waals surface area contributed by atoms with Crippen molar-refractivity contribution in [2.45, 2.75) is 0 Å². The Labute approximate surface area is 135 Å². The Hall–Kier alpha value is -2.37. The van der Waals surface area contributed by atoms with Crippen LogP contribution in [0.3, 0.4) is 0 Å². The van der Waals surface area contributed by atoms with Crippen LogP contribution in [0.5, 0.6) is 0 Å². The largest absolute Gasteiger partial charge is 0.478 e. The summed E-state index contributed by atoms with van der Waals surface area (Å²) < 4.78 is 0. The van der Waals surface area contributed by atoms with Crippen molar-refractivity contribution in [1.29, 1.82) is 0 Å². The number of halogens is 2. The number of nitrogens with zero attached hydrogens (tertiary/aromatic N) is 1. The van der Waals surface area contributed by atoms with Crippen molar-refractivity contribution in [3.63, 3.8) is 0 Å². The van der Waals surface area contributed by atoms with Crippen LogP contribution >= 0.6 is 23.2 Å². The molecule has 0 saturated heterocycles. The maximum atomic E-state index is 11.4. The van der Waals surface area contributed by atoms with Gasteiger partial charge in [0.1, 0.15) is 0 Å². The van der Waals surface area contributed by atoms with Gasteiger partial charge in [-0.15, -0.1) is 0 Å². The molecule has 0 heterocycles. The van der Waals surface area contributed by atoms with Gasteiger partial charge in [-0.05, 0) is 29.3 Å². The Morgan fingerprint density at radius 1 is 1.14 bits per heavy atom. The second kappa shape index (κ2) is 6.60. The molecule has 5 nitrogen and oxygen atoms in total. The van der Waals surface area contributed by atoms with Gasteiger partial charge < -0.3 is 5.11 Å². The van der Waals surface area contributed by atoms with Crippen molar-refractivity contribution in [3.05, 3.63) is 73.8 Å². The molecule has 0 saturated carbocycles. The molecule has 7 heteroatoms. The number of nitro groups is 1. The quantitative estimate of drug-likeness (QED) is 0.384. The first-order chi connectivity index (χ1) is 10.4. The standard InChI is InChI=1S/C15H9Cl2NO4/c16-13-5-4-10(8-14(13)17)12(15(19)20)7-9-2-1-3-11(6-9)18(21)22/h1-8H,(H,19,20)/b12-7-. The molecule has 0 atom stereocenters. The maximum absolute atomic E-state index is 11.4. The Morgan fingerprint density at radius 2 is 1.86 bits per heavy atom. The van der Waals surface area contributed by atoms with Gasteiger partial charge in [0, 0.05) is 12.1 Å². The second-order valence-corrected chi connectivity index (χ2v) is 5.16. The summed E-state index contributed by atoms with van der Waals surface area (Å²) in [6.45, 7) is 0. The lowest BCUT2D eigenvalue weighted by atomic mass is 10.0. The van der Waals surface area contributed by atoms with Crippen LogP contribution in [0.2, 0.25) is 10.0 Å². The summed E-state index contributed by atoms with van der Waals surface area (Å²) >= 11 is 11.7. The second-order valence-electron chi connectivity index (χ2n) is 4.34. The van der Waals surface area contributed by atoms with Gasteiger partial charge in [-0.2, -0.15) is 0 Å². The maximum Gasteiger partial charge on any atom is 0.336 e. The van der Waals surface area contributed by atoms with Crippen molar-refractivity contribution in [3.8, 4) is 0 Å². The van der Waals surface area contributed by atoms with Crippen LogP contribution in [0.1, 0.15) is 11.1 Å². The lowest BCUT2D eigenvalue weighted by molar-refractivity contribution is -0.384. The van der Waals surface area contributed by atoms with Gasteiger partial charge in [-0.3, -0.25) is 10.1 Å². The van der Waals surface area contributed by atoms with Crippen molar-refractivity contribution < 1.29 is 14.8 Å². The summed E-state index contributed by atoms with van der Waals surface area (Å²) in [5.41, 5.74) is 0.595. The number of benzene rings is 2. The van der Waals surface area contributed by atoms with E-state index in [1.807, 2.05) is 0 Å². The van der Waals surface area contributed by atoms with Crippen LogP contribution in [0.15, 0.2) is 42.5 Å². The molecular formula is C15H9Cl2NO4. The van der Waals surface area contributed by atoms with Crippen molar-refractivity contribution in [2.24, 2.45) is 0 Å². The molecule has 1 N–H and O–H groups in total. The number of hydrogen-bond acceptors (Lipinski definition) is 3. The number of rotatable bonds is 4. The van der Waals surface area contributed by atoms with Gasteiger partial charge in [-0.1, -0.05) is 41.4 Å². The predicted octanol–water partition coefficient (Wildman–Crippen LogP) is 4.53. The molecule has 0 spiro atoms. The fourth-order valence-corrected chi connectivity index (χ4v) is 2.13. The van der Waals surface area contributed by atoms with Gasteiger partial charge in [0.05, 0.1) is 20.5 Å². The summed E-state index contributed by atoms with van der Waals surface area (Å²) in [4.78, 5) is 21.7. The molecule has 0 aliphatic heterocycles. The Kier molecular flexibility index (Phi) is 4.80. The summed E-state index contributed by atoms with van der Waals surface area (Å²) in [7, 11) is 0. The first-order valence-electron chi connectivity index (χ1n) is 6.03. The third kappa shape index (κ3) is 3.63. The van der Waals surface area contributed by atoms with Crippen LogP contribution in [0.25, 0.3) is 11.6 Å². The molecule has 2 rings (SSSR count). The zero-order valence-corrected chi connectivity index (χ0v) is 12.5. The number of aliphatic carboxylic acids is 1. The number of nitro benzene ring substituents is 1. The van der Waals surface area contributed by atoms with E-state index in [4.69, 9.17) is 23.2 Å². The van der Waals surface area contributed by atoms with Crippen LogP contribution < -0.4 is 0 Å². The molecule has 0 radical (unpaired) electrons. The molecule has 0 aromatic heterocycles. The number of hydrogen-bond donors (Lipinski definition) is 1. The van der Waals surface area contributed by atoms with Crippen molar-refractivity contribution in [2.75, 3.05) is 0 Å². The summed E-state index contributed by atoms with van der Waals surface area (Å²) in [6.07, 6.45) is 1.34. The number of carboxylic acids is 1. The molecule has 0 aliphatic rings. The zero-order chi connectivity index (χ0) is 16.3. The fraction of sp³-hybridized carbons (Fsp3) is 0. The molecule has 0 aliphatic carbocycles. The highest BCUT2D eigenvalue weighted by atomic mass is 35.5. The van der Waals surface area contributed by atoms with E-state index in [1.54, 1.807) is 6.07 Å². The fourth-order valence-electron chi connectivity index (χ4n) is 1.83. The molecule has 112 valence electrons. The van der Waals surface area contributed by atoms with Crippen LogP contribution in [0, 0.1) is 10.1 Å². The molecule has 0 unspecified atom stereocenters. The zero-order valence-electron chi connectivity index (χ0n) is 11.0. The summed E-state index contributed by atoms with van der Waals surface area (Å²) in [5.74, 6) is -1.18. The SMILES string of the molecule is O=C(O)/C(=C\c1cccc([N+](=O)[O-])c1)c1ccc(Cl)c(Cl)c1. The van der Waals surface area contributed by atoms with E-state index in [0.29, 0.717) is 16.1 Å². The van der Waals surface area contributed by atoms with E-state index >= 15 is 0 Å². The average Bonchev–Trinajstić information content (AvgIpc) is 2.48. The number of carbonyl (C=O) groups is 1. The Morgan fingerprint density at radius 3 is 2.45 bits per heavy atom. The lowest BCUT2D eigenvalue weighted by Crippen LogP contribution is -2.00. The first-order valence-corrected chi connectivity index (χ1v) is 6.79. The van der Waals surface area contributed by atoms with Crippen LogP contribution in [-0.4, -0.2) is 16.0 Å². The van der Waals surface area contributed by atoms with Gasteiger partial charge in [0.25, 0.3) is 5.69 Å². The smallest absolute Gasteiger partial charge is 0.336 e. The van der Waals surface area contributed by atoms with E-state index in [2.05, 4.69) is 0 Å². The third-order valence-electron chi connectivity index (χ3n) is 2.85. The number of carboxylic acid groups (broad SMARTS) is 1. The Balaban J connectivity index is 2.52. The van der Waals surface area contributed by atoms with Gasteiger partial charge in [0.15, 0.2) is 0 Å². The molecule has 0 fully saturated rings. The minimum absolute atomic E-state index is 0.0425. The van der Waals surface area contributed by atoms with E-state index in [0.717, 1.165) is 0 Å². The number of non-ortho nitro benzene ring substituents is 1. The van der Waals surface area contributed by atoms with E-state index in [-0.39, 0.29) is 16.3 Å². The lowest BCUT2D eigenvalue weighted by Gasteiger charge is -2.05. The first kappa shape index (κ1) is 16.0. The molecular weight excluding hydrogens is 329 g/mol.